The molecule has 10 unspecified atom stereocenters. The minimum Gasteiger partial charge on any atom is -0.394 e. The summed E-state index contributed by atoms with van der Waals surface area (Å²) >= 11 is 0. The molecule has 10 nitrogen and oxygen atoms in total. The maximum Gasteiger partial charge on any atom is 0.113 e. The van der Waals surface area contributed by atoms with Gasteiger partial charge in [-0.3, -0.25) is 0 Å². The summed E-state index contributed by atoms with van der Waals surface area (Å²) in [4.78, 5) is 0. The average Bonchev–Trinajstić information content (AvgIpc) is 2.90. The zero-order chi connectivity index (χ0) is 27.7. The molecular formula is C28H34O10. The summed E-state index contributed by atoms with van der Waals surface area (Å²) in [6.45, 7) is 2.61. The molecule has 10 atom stereocenters. The van der Waals surface area contributed by atoms with E-state index in [2.05, 4.69) is 11.8 Å². The normalized spacial score (nSPS) is 35.4. The number of aliphatic hydroxyl groups excluding tert-OH is 8. The van der Waals surface area contributed by atoms with Crippen LogP contribution in [-0.4, -0.2) is 103 Å². The molecule has 10 heteroatoms. The maximum atomic E-state index is 10.4. The first-order valence-corrected chi connectivity index (χ1v) is 12.4. The summed E-state index contributed by atoms with van der Waals surface area (Å²) in [5.74, 6) is 6.15. The van der Waals surface area contributed by atoms with E-state index in [0.717, 1.165) is 11.1 Å². The first-order chi connectivity index (χ1) is 18.1. The van der Waals surface area contributed by atoms with E-state index in [-0.39, 0.29) is 0 Å². The van der Waals surface area contributed by atoms with Crippen LogP contribution >= 0.6 is 0 Å². The smallest absolute Gasteiger partial charge is 0.113 e. The van der Waals surface area contributed by atoms with Crippen molar-refractivity contribution in [2.75, 3.05) is 13.2 Å². The minimum absolute atomic E-state index is 0.501. The van der Waals surface area contributed by atoms with Crippen LogP contribution in [0.15, 0.2) is 36.4 Å². The number of aryl methyl sites for hydroxylation is 2. The fourth-order valence-electron chi connectivity index (χ4n) is 5.01. The molecule has 2 aliphatic heterocycles. The third-order valence-corrected chi connectivity index (χ3v) is 7.29. The minimum atomic E-state index is -1.46. The molecule has 2 aromatic carbocycles. The molecule has 2 aliphatic rings. The van der Waals surface area contributed by atoms with Crippen molar-refractivity contribution in [2.45, 2.75) is 74.9 Å². The fourth-order valence-corrected chi connectivity index (χ4v) is 5.01. The van der Waals surface area contributed by atoms with Gasteiger partial charge in [-0.05, 0) is 60.4 Å². The maximum absolute atomic E-state index is 10.4. The van der Waals surface area contributed by atoms with Gasteiger partial charge in [-0.1, -0.05) is 24.0 Å². The van der Waals surface area contributed by atoms with Crippen molar-refractivity contribution in [3.8, 4) is 11.8 Å². The molecular weight excluding hydrogens is 496 g/mol. The third kappa shape index (κ3) is 5.50. The Bertz CT molecular complexity index is 1100. The van der Waals surface area contributed by atoms with Crippen LogP contribution in [0.3, 0.4) is 0 Å². The molecule has 0 aromatic heterocycles. The van der Waals surface area contributed by atoms with Crippen LogP contribution in [-0.2, 0) is 9.47 Å². The number of aliphatic hydroxyl groups is 8. The van der Waals surface area contributed by atoms with Gasteiger partial charge >= 0.3 is 0 Å². The van der Waals surface area contributed by atoms with E-state index in [1.807, 2.05) is 0 Å². The van der Waals surface area contributed by atoms with E-state index in [1.54, 1.807) is 50.2 Å². The standard InChI is InChI=1S/C28H34O10/c1-13-9-15(5-7-17(13)27-25(35)23(33)21(31)19(11-29)37-27)3-4-16-6-8-18(14(2)10-16)28-26(36)24(34)22(32)20(12-30)38-28/h5-10,19-36H,11-12H2,1-2H3. The van der Waals surface area contributed by atoms with Crippen molar-refractivity contribution in [1.29, 1.82) is 0 Å². The molecule has 8 N–H and O–H groups in total. The lowest BCUT2D eigenvalue weighted by Crippen LogP contribution is -2.55. The molecule has 0 amide bonds. The van der Waals surface area contributed by atoms with Gasteiger partial charge in [0.05, 0.1) is 13.2 Å². The Morgan fingerprint density at radius 2 is 0.947 bits per heavy atom. The van der Waals surface area contributed by atoms with Crippen LogP contribution in [0, 0.1) is 25.7 Å². The summed E-state index contributed by atoms with van der Waals surface area (Å²) in [6.07, 6.45) is -12.3. The Kier molecular flexibility index (Phi) is 8.86. The Balaban J connectivity index is 1.52. The van der Waals surface area contributed by atoms with Gasteiger partial charge in [0.1, 0.15) is 61.0 Å². The molecule has 4 rings (SSSR count). The molecule has 38 heavy (non-hydrogen) atoms. The largest absolute Gasteiger partial charge is 0.394 e. The third-order valence-electron chi connectivity index (χ3n) is 7.29. The van der Waals surface area contributed by atoms with Crippen molar-refractivity contribution in [3.63, 3.8) is 0 Å². The molecule has 0 aliphatic carbocycles. The molecule has 2 aromatic rings. The molecule has 0 radical (unpaired) electrons. The van der Waals surface area contributed by atoms with Crippen molar-refractivity contribution in [3.05, 3.63) is 69.8 Å². The van der Waals surface area contributed by atoms with E-state index < -0.39 is 74.3 Å². The zero-order valence-electron chi connectivity index (χ0n) is 21.0. The average molecular weight is 531 g/mol. The van der Waals surface area contributed by atoms with Gasteiger partial charge in [0.15, 0.2) is 0 Å². The lowest BCUT2D eigenvalue weighted by Gasteiger charge is -2.40. The molecule has 2 fully saturated rings. The number of ether oxygens (including phenoxy) is 2. The Labute approximate surface area is 220 Å². The van der Waals surface area contributed by atoms with Gasteiger partial charge in [-0.15, -0.1) is 0 Å². The van der Waals surface area contributed by atoms with Crippen LogP contribution in [0.4, 0.5) is 0 Å². The van der Waals surface area contributed by atoms with Crippen molar-refractivity contribution < 1.29 is 50.3 Å². The summed E-state index contributed by atoms with van der Waals surface area (Å²) < 4.78 is 11.3. The highest BCUT2D eigenvalue weighted by Gasteiger charge is 2.45. The van der Waals surface area contributed by atoms with E-state index in [4.69, 9.17) is 9.47 Å². The second kappa shape index (κ2) is 11.8. The topological polar surface area (TPSA) is 180 Å². The molecule has 0 bridgehead atoms. The van der Waals surface area contributed by atoms with Crippen molar-refractivity contribution >= 4 is 0 Å². The van der Waals surface area contributed by atoms with Gasteiger partial charge in [0.2, 0.25) is 0 Å². The van der Waals surface area contributed by atoms with Gasteiger partial charge in [-0.2, -0.15) is 0 Å². The highest BCUT2D eigenvalue weighted by Crippen LogP contribution is 2.35. The summed E-state index contributed by atoms with van der Waals surface area (Å²) in [5.41, 5.74) is 4.07. The van der Waals surface area contributed by atoms with Crippen molar-refractivity contribution in [2.24, 2.45) is 0 Å². The first-order valence-electron chi connectivity index (χ1n) is 12.4. The molecule has 0 saturated carbocycles. The Morgan fingerprint density at radius 3 is 1.26 bits per heavy atom. The van der Waals surface area contributed by atoms with Crippen LogP contribution in [0.5, 0.6) is 0 Å². The number of hydrogen-bond donors (Lipinski definition) is 8. The van der Waals surface area contributed by atoms with E-state index in [0.29, 0.717) is 22.3 Å². The van der Waals surface area contributed by atoms with Gasteiger partial charge in [0.25, 0.3) is 0 Å². The van der Waals surface area contributed by atoms with Gasteiger partial charge in [-0.25, -0.2) is 0 Å². The zero-order valence-corrected chi connectivity index (χ0v) is 21.0. The van der Waals surface area contributed by atoms with Gasteiger partial charge < -0.3 is 50.3 Å². The highest BCUT2D eigenvalue weighted by molar-refractivity contribution is 5.48. The molecule has 2 saturated heterocycles. The van der Waals surface area contributed by atoms with Crippen LogP contribution in [0.1, 0.15) is 45.6 Å². The summed E-state index contributed by atoms with van der Waals surface area (Å²) in [7, 11) is 0. The first kappa shape index (κ1) is 28.6. The lowest BCUT2D eigenvalue weighted by atomic mass is 9.88. The number of benzene rings is 2. The van der Waals surface area contributed by atoms with Crippen LogP contribution < -0.4 is 0 Å². The number of hydrogen-bond acceptors (Lipinski definition) is 10. The predicted molar refractivity (Wildman–Crippen MR) is 134 cm³/mol. The van der Waals surface area contributed by atoms with E-state index in [9.17, 15) is 40.9 Å². The second-order valence-corrected chi connectivity index (χ2v) is 9.89. The highest BCUT2D eigenvalue weighted by atomic mass is 16.6. The molecule has 0 spiro atoms. The SMILES string of the molecule is Cc1cc(C#Cc2ccc(C3OC(CO)C(O)C(O)C3O)c(C)c2)ccc1C1OC(CO)C(O)C(O)C1O. The van der Waals surface area contributed by atoms with Crippen LogP contribution in [0.25, 0.3) is 0 Å². The fraction of sp³-hybridized carbons (Fsp3) is 0.500. The van der Waals surface area contributed by atoms with E-state index >= 15 is 0 Å². The Morgan fingerprint density at radius 1 is 0.579 bits per heavy atom. The summed E-state index contributed by atoms with van der Waals surface area (Å²) in [6, 6.07) is 10.5. The van der Waals surface area contributed by atoms with Crippen LogP contribution in [0.2, 0.25) is 0 Å². The summed E-state index contributed by atoms with van der Waals surface area (Å²) in [5, 5.41) is 80.0. The number of rotatable bonds is 4. The predicted octanol–water partition coefficient (Wildman–Crippen LogP) is -1.27. The molecule has 206 valence electrons. The van der Waals surface area contributed by atoms with Crippen molar-refractivity contribution in [1.82, 2.24) is 0 Å². The molecule has 2 heterocycles. The monoisotopic (exact) mass is 530 g/mol. The Hall–Kier alpha value is -2.40. The second-order valence-electron chi connectivity index (χ2n) is 9.89. The van der Waals surface area contributed by atoms with E-state index in [1.165, 1.54) is 0 Å². The quantitative estimate of drug-likeness (QED) is 0.222. The van der Waals surface area contributed by atoms with Gasteiger partial charge in [0, 0.05) is 11.1 Å². The lowest BCUT2D eigenvalue weighted by molar-refractivity contribution is -0.231.